The van der Waals surface area contributed by atoms with Crippen molar-refractivity contribution in [3.8, 4) is 5.75 Å². The van der Waals surface area contributed by atoms with E-state index in [0.717, 1.165) is 90.8 Å². The molecule has 2 heterocycles. The molecular weight excluding hydrogens is 530 g/mol. The van der Waals surface area contributed by atoms with E-state index in [2.05, 4.69) is 49.0 Å². The summed E-state index contributed by atoms with van der Waals surface area (Å²) in [5.41, 5.74) is 4.42. The van der Waals surface area contributed by atoms with E-state index in [1.165, 1.54) is 32.1 Å². The highest BCUT2D eigenvalue weighted by Gasteiger charge is 2.48. The molecule has 0 aromatic heterocycles. The molecule has 5 nitrogen and oxygen atoms in total. The molecule has 2 aromatic rings. The minimum Gasteiger partial charge on any atom is -0.492 e. The molecule has 0 radical (unpaired) electrons. The maximum absolute atomic E-state index is 12.8. The summed E-state index contributed by atoms with van der Waals surface area (Å²) in [7, 11) is 0. The molecule has 1 spiro atoms. The van der Waals surface area contributed by atoms with E-state index in [1.54, 1.807) is 0 Å². The number of halogens is 1. The minimum atomic E-state index is -0.445. The summed E-state index contributed by atoms with van der Waals surface area (Å²) in [5.74, 6) is 3.10. The quantitative estimate of drug-likeness (QED) is 0.319. The van der Waals surface area contributed by atoms with Crippen molar-refractivity contribution in [1.29, 1.82) is 0 Å². The van der Waals surface area contributed by atoms with Crippen molar-refractivity contribution < 1.29 is 9.53 Å². The number of carbonyl (C=O) groups excluding carboxylic acids is 1. The van der Waals surface area contributed by atoms with Gasteiger partial charge in [-0.1, -0.05) is 51.3 Å². The van der Waals surface area contributed by atoms with E-state index < -0.39 is 5.41 Å². The SMILES string of the molecule is CC1CC(C)(C2CCC2)C1.CCCC=Nc1cc(OCCN2CCC3(CC2)C(=O)Nc2ccc(Cl)cc23)ccc1C. The van der Waals surface area contributed by atoms with Gasteiger partial charge in [0.2, 0.25) is 5.91 Å². The number of carbonyl (C=O) groups is 1. The third-order valence-electron chi connectivity index (χ3n) is 10.1. The van der Waals surface area contributed by atoms with Gasteiger partial charge in [0.05, 0.1) is 11.1 Å². The number of piperidine rings is 1. The molecule has 6 heteroatoms. The molecule has 1 amide bonds. The summed E-state index contributed by atoms with van der Waals surface area (Å²) in [4.78, 5) is 19.7. The Morgan fingerprint density at radius 2 is 1.90 bits per heavy atom. The van der Waals surface area contributed by atoms with E-state index in [-0.39, 0.29) is 5.91 Å². The number of nitrogens with one attached hydrogen (secondary N) is 1. The molecule has 0 bridgehead atoms. The van der Waals surface area contributed by atoms with E-state index in [4.69, 9.17) is 16.3 Å². The third kappa shape index (κ3) is 6.67. The Hall–Kier alpha value is -2.37. The van der Waals surface area contributed by atoms with Gasteiger partial charge >= 0.3 is 0 Å². The van der Waals surface area contributed by atoms with Crippen LogP contribution in [0.25, 0.3) is 0 Å². The highest BCUT2D eigenvalue weighted by atomic mass is 35.5. The number of anilines is 1. The number of aliphatic imine (C=N–C) groups is 1. The van der Waals surface area contributed by atoms with Crippen LogP contribution in [0, 0.1) is 24.2 Å². The van der Waals surface area contributed by atoms with Gasteiger partial charge in [-0.3, -0.25) is 14.7 Å². The molecule has 0 atom stereocenters. The van der Waals surface area contributed by atoms with Crippen LogP contribution >= 0.6 is 11.6 Å². The number of benzene rings is 2. The second-order valence-corrected chi connectivity index (χ2v) is 13.7. The van der Waals surface area contributed by atoms with Crippen LogP contribution in [-0.2, 0) is 10.2 Å². The predicted octanol–water partition coefficient (Wildman–Crippen LogP) is 8.74. The normalized spacial score (nSPS) is 25.2. The van der Waals surface area contributed by atoms with Crippen LogP contribution in [0.15, 0.2) is 41.4 Å². The molecular formula is C35H48ClN3O2. The largest absolute Gasteiger partial charge is 0.492 e. The number of ether oxygens (including phenoxy) is 1. The van der Waals surface area contributed by atoms with Crippen LogP contribution in [0.1, 0.15) is 89.7 Å². The molecule has 1 N–H and O–H groups in total. The van der Waals surface area contributed by atoms with Gasteiger partial charge in [-0.05, 0) is 118 Å². The van der Waals surface area contributed by atoms with E-state index in [1.807, 2.05) is 36.5 Å². The Bertz CT molecular complexity index is 1240. The summed E-state index contributed by atoms with van der Waals surface area (Å²) in [6.07, 6.45) is 13.2. The van der Waals surface area contributed by atoms with Crippen LogP contribution in [0.3, 0.4) is 0 Å². The van der Waals surface area contributed by atoms with Crippen molar-refractivity contribution in [3.05, 3.63) is 52.5 Å². The highest BCUT2D eigenvalue weighted by molar-refractivity contribution is 6.31. The van der Waals surface area contributed by atoms with Crippen molar-refractivity contribution in [1.82, 2.24) is 4.90 Å². The zero-order chi connectivity index (χ0) is 29.0. The molecule has 41 heavy (non-hydrogen) atoms. The first-order valence-electron chi connectivity index (χ1n) is 15.8. The monoisotopic (exact) mass is 577 g/mol. The van der Waals surface area contributed by atoms with Gasteiger partial charge in [-0.15, -0.1) is 0 Å². The number of rotatable bonds is 8. The Kier molecular flexibility index (Phi) is 9.45. The molecule has 0 unspecified atom stereocenters. The van der Waals surface area contributed by atoms with Crippen LogP contribution < -0.4 is 10.1 Å². The topological polar surface area (TPSA) is 53.9 Å². The Morgan fingerprint density at radius 3 is 2.56 bits per heavy atom. The zero-order valence-corrected chi connectivity index (χ0v) is 26.2. The van der Waals surface area contributed by atoms with Gasteiger partial charge in [-0.2, -0.15) is 0 Å². The van der Waals surface area contributed by atoms with Crippen molar-refractivity contribution in [2.24, 2.45) is 22.2 Å². The fourth-order valence-corrected chi connectivity index (χ4v) is 7.59. The molecule has 222 valence electrons. The Labute approximate surface area is 252 Å². The first-order chi connectivity index (χ1) is 19.7. The summed E-state index contributed by atoms with van der Waals surface area (Å²) in [5, 5.41) is 3.72. The average molecular weight is 578 g/mol. The first-order valence-corrected chi connectivity index (χ1v) is 16.2. The van der Waals surface area contributed by atoms with E-state index in [0.29, 0.717) is 11.6 Å². The van der Waals surface area contributed by atoms with Crippen molar-refractivity contribution in [2.75, 3.05) is 31.6 Å². The molecule has 1 saturated heterocycles. The fraction of sp³-hybridized carbons (Fsp3) is 0.600. The lowest BCUT2D eigenvalue weighted by Gasteiger charge is -2.52. The molecule has 6 rings (SSSR count). The first kappa shape index (κ1) is 30.1. The number of unbranched alkanes of at least 4 members (excludes halogenated alkanes) is 1. The van der Waals surface area contributed by atoms with Crippen molar-refractivity contribution >= 4 is 35.1 Å². The standard InChI is InChI=1S/C25H30ClN3O2.C10H18/c1-3-4-11-27-23-17-20(7-5-18(23)2)31-15-14-29-12-9-25(10-13-29)21-16-19(26)6-8-22(21)28-24(25)30;1-8-6-10(2,7-8)9-4-3-5-9/h5-8,11,16-17H,3-4,9-10,12-15H2,1-2H3,(H,28,30);8-9H,3-7H2,1-2H3. The van der Waals surface area contributed by atoms with Crippen LogP contribution in [0.4, 0.5) is 11.4 Å². The maximum atomic E-state index is 12.8. The van der Waals surface area contributed by atoms with Gasteiger partial charge < -0.3 is 10.1 Å². The van der Waals surface area contributed by atoms with E-state index in [9.17, 15) is 4.79 Å². The zero-order valence-electron chi connectivity index (χ0n) is 25.5. The van der Waals surface area contributed by atoms with Gasteiger partial charge in [0, 0.05) is 29.5 Å². The van der Waals surface area contributed by atoms with Gasteiger partial charge in [0.15, 0.2) is 0 Å². The maximum Gasteiger partial charge on any atom is 0.235 e. The fourth-order valence-electron chi connectivity index (χ4n) is 7.41. The molecule has 2 aliphatic carbocycles. The number of likely N-dealkylation sites (tertiary alicyclic amines) is 1. The van der Waals surface area contributed by atoms with Crippen LogP contribution in [-0.4, -0.2) is 43.3 Å². The average Bonchev–Trinajstić information content (AvgIpc) is 3.16. The van der Waals surface area contributed by atoms with Crippen molar-refractivity contribution in [3.63, 3.8) is 0 Å². The van der Waals surface area contributed by atoms with Crippen molar-refractivity contribution in [2.45, 2.75) is 90.9 Å². The number of amides is 1. The molecule has 2 aromatic carbocycles. The molecule has 2 aliphatic heterocycles. The summed E-state index contributed by atoms with van der Waals surface area (Å²) in [6, 6.07) is 11.8. The second-order valence-electron chi connectivity index (χ2n) is 13.3. The third-order valence-corrected chi connectivity index (χ3v) is 10.4. The predicted molar refractivity (Wildman–Crippen MR) is 171 cm³/mol. The van der Waals surface area contributed by atoms with Crippen LogP contribution in [0.5, 0.6) is 5.75 Å². The summed E-state index contributed by atoms with van der Waals surface area (Å²) in [6.45, 7) is 12.3. The van der Waals surface area contributed by atoms with Gasteiger partial charge in [0.25, 0.3) is 0 Å². The van der Waals surface area contributed by atoms with Crippen LogP contribution in [0.2, 0.25) is 5.02 Å². The number of nitrogens with zero attached hydrogens (tertiary/aromatic N) is 2. The lowest BCUT2D eigenvalue weighted by molar-refractivity contribution is -0.122. The molecule has 3 fully saturated rings. The summed E-state index contributed by atoms with van der Waals surface area (Å²) >= 11 is 6.21. The molecule has 4 aliphatic rings. The van der Waals surface area contributed by atoms with Gasteiger partial charge in [0.1, 0.15) is 12.4 Å². The lowest BCUT2D eigenvalue weighted by Crippen LogP contribution is -2.47. The number of hydrogen-bond donors (Lipinski definition) is 1. The Morgan fingerprint density at radius 1 is 1.15 bits per heavy atom. The highest BCUT2D eigenvalue weighted by Crippen LogP contribution is 2.56. The number of fused-ring (bicyclic) bond motifs is 2. The number of hydrogen-bond acceptors (Lipinski definition) is 4. The number of aryl methyl sites for hydroxylation is 1. The van der Waals surface area contributed by atoms with E-state index >= 15 is 0 Å². The minimum absolute atomic E-state index is 0.108. The second kappa shape index (κ2) is 12.9. The summed E-state index contributed by atoms with van der Waals surface area (Å²) < 4.78 is 6.01. The molecule has 2 saturated carbocycles. The smallest absolute Gasteiger partial charge is 0.235 e. The lowest BCUT2D eigenvalue weighted by atomic mass is 9.53. The Balaban J connectivity index is 0.000000282. The van der Waals surface area contributed by atoms with Gasteiger partial charge in [-0.25, -0.2) is 0 Å².